The Hall–Kier alpha value is -3.68. The number of nitrogens with zero attached hydrogens (tertiary/aromatic N) is 3. The summed E-state index contributed by atoms with van der Waals surface area (Å²) in [6.07, 6.45) is 3.74. The maximum Gasteiger partial charge on any atom is 0.224 e. The van der Waals surface area contributed by atoms with Crippen LogP contribution in [0.1, 0.15) is 11.1 Å². The average Bonchev–Trinajstić information content (AvgIpc) is 2.73. The number of anilines is 3. The molecule has 0 aliphatic carbocycles. The lowest BCUT2D eigenvalue weighted by molar-refractivity contribution is -0.120. The first-order chi connectivity index (χ1) is 14.1. The van der Waals surface area contributed by atoms with E-state index in [0.717, 1.165) is 22.6 Å². The molecule has 8 heteroatoms. The van der Waals surface area contributed by atoms with E-state index >= 15 is 0 Å². The summed E-state index contributed by atoms with van der Waals surface area (Å²) in [7, 11) is 1.64. The molecule has 1 aromatic carbocycles. The number of benzene rings is 1. The second-order valence-corrected chi connectivity index (χ2v) is 6.42. The fraction of sp³-hybridized carbons (Fsp3) is 0.238. The molecule has 0 unspecified atom stereocenters. The highest BCUT2D eigenvalue weighted by Crippen LogP contribution is 2.18. The van der Waals surface area contributed by atoms with E-state index in [1.807, 2.05) is 49.4 Å². The molecule has 0 saturated heterocycles. The van der Waals surface area contributed by atoms with Crippen molar-refractivity contribution in [3.05, 3.63) is 66.0 Å². The van der Waals surface area contributed by atoms with Gasteiger partial charge in [0.05, 0.1) is 13.5 Å². The average molecular weight is 392 g/mol. The summed E-state index contributed by atoms with van der Waals surface area (Å²) < 4.78 is 5.24. The molecule has 3 rings (SSSR count). The van der Waals surface area contributed by atoms with Gasteiger partial charge in [-0.15, -0.1) is 10.2 Å². The molecule has 2 heterocycles. The molecule has 3 aromatic rings. The van der Waals surface area contributed by atoms with Crippen molar-refractivity contribution in [2.75, 3.05) is 30.8 Å². The van der Waals surface area contributed by atoms with E-state index in [1.54, 1.807) is 19.5 Å². The lowest BCUT2D eigenvalue weighted by Crippen LogP contribution is -2.30. The molecule has 1 amide bonds. The Kier molecular flexibility index (Phi) is 6.94. The zero-order chi connectivity index (χ0) is 20.5. The maximum absolute atomic E-state index is 12.1. The van der Waals surface area contributed by atoms with Crippen LogP contribution < -0.4 is 20.7 Å². The van der Waals surface area contributed by atoms with Gasteiger partial charge in [0.25, 0.3) is 0 Å². The third-order valence-electron chi connectivity index (χ3n) is 4.19. The fourth-order valence-electron chi connectivity index (χ4n) is 2.77. The molecule has 0 saturated carbocycles. The summed E-state index contributed by atoms with van der Waals surface area (Å²) in [5, 5.41) is 17.4. The second kappa shape index (κ2) is 10.0. The molecular weight excluding hydrogens is 368 g/mol. The van der Waals surface area contributed by atoms with Crippen molar-refractivity contribution in [1.82, 2.24) is 20.5 Å². The van der Waals surface area contributed by atoms with Crippen LogP contribution in [0.4, 0.5) is 17.3 Å². The van der Waals surface area contributed by atoms with Crippen molar-refractivity contribution in [3.8, 4) is 5.75 Å². The minimum Gasteiger partial charge on any atom is -0.496 e. The molecule has 0 atom stereocenters. The number of hydrogen-bond acceptors (Lipinski definition) is 7. The molecule has 29 heavy (non-hydrogen) atoms. The van der Waals surface area contributed by atoms with E-state index in [2.05, 4.69) is 31.1 Å². The summed E-state index contributed by atoms with van der Waals surface area (Å²) in [6.45, 7) is 3.01. The Morgan fingerprint density at radius 1 is 1.00 bits per heavy atom. The largest absolute Gasteiger partial charge is 0.496 e. The molecule has 150 valence electrons. The van der Waals surface area contributed by atoms with Crippen molar-refractivity contribution in [3.63, 3.8) is 0 Å². The Bertz CT molecular complexity index is 932. The van der Waals surface area contributed by atoms with E-state index in [0.29, 0.717) is 31.1 Å². The number of aryl methyl sites for hydroxylation is 1. The maximum atomic E-state index is 12.1. The third-order valence-corrected chi connectivity index (χ3v) is 4.19. The summed E-state index contributed by atoms with van der Waals surface area (Å²) in [5.41, 5.74) is 2.86. The number of carbonyl (C=O) groups excluding carboxylic acids is 1. The highest BCUT2D eigenvalue weighted by atomic mass is 16.5. The standard InChI is InChI=1S/C21H24N6O2/c1-15-13-16(3-4-18(15)29-2)14-21(28)24-12-11-23-19-5-6-20(27-26-19)25-17-7-9-22-10-8-17/h3-10,13H,11-12,14H2,1-2H3,(H,23,26)(H,24,28)(H,22,25,27). The van der Waals surface area contributed by atoms with Gasteiger partial charge >= 0.3 is 0 Å². The molecule has 3 N–H and O–H groups in total. The van der Waals surface area contributed by atoms with Crippen LogP contribution in [0.25, 0.3) is 0 Å². The molecule has 0 fully saturated rings. The topological polar surface area (TPSA) is 101 Å². The number of nitrogens with one attached hydrogen (secondary N) is 3. The lowest BCUT2D eigenvalue weighted by atomic mass is 10.1. The highest BCUT2D eigenvalue weighted by molar-refractivity contribution is 5.78. The van der Waals surface area contributed by atoms with Crippen LogP contribution in [-0.2, 0) is 11.2 Å². The fourth-order valence-corrected chi connectivity index (χ4v) is 2.77. The van der Waals surface area contributed by atoms with E-state index in [1.165, 1.54) is 0 Å². The number of pyridine rings is 1. The van der Waals surface area contributed by atoms with Crippen molar-refractivity contribution >= 4 is 23.2 Å². The van der Waals surface area contributed by atoms with E-state index < -0.39 is 0 Å². The molecule has 8 nitrogen and oxygen atoms in total. The van der Waals surface area contributed by atoms with Gasteiger partial charge in [0.1, 0.15) is 11.6 Å². The van der Waals surface area contributed by atoms with Gasteiger partial charge in [-0.2, -0.15) is 0 Å². The number of rotatable bonds is 9. The summed E-state index contributed by atoms with van der Waals surface area (Å²) in [6, 6.07) is 13.1. The minimum absolute atomic E-state index is 0.0284. The van der Waals surface area contributed by atoms with Crippen molar-refractivity contribution < 1.29 is 9.53 Å². The van der Waals surface area contributed by atoms with Gasteiger partial charge < -0.3 is 20.7 Å². The zero-order valence-electron chi connectivity index (χ0n) is 16.5. The van der Waals surface area contributed by atoms with Gasteiger partial charge in [-0.3, -0.25) is 9.78 Å². The lowest BCUT2D eigenvalue weighted by Gasteiger charge is -2.09. The van der Waals surface area contributed by atoms with E-state index in [4.69, 9.17) is 4.74 Å². The Morgan fingerprint density at radius 2 is 1.76 bits per heavy atom. The normalized spacial score (nSPS) is 10.3. The first-order valence-electron chi connectivity index (χ1n) is 9.29. The molecule has 2 aromatic heterocycles. The van der Waals surface area contributed by atoms with E-state index in [9.17, 15) is 4.79 Å². The molecule has 0 aliphatic heterocycles. The number of carbonyl (C=O) groups is 1. The molecule has 0 aliphatic rings. The second-order valence-electron chi connectivity index (χ2n) is 6.42. The Labute approximate surface area is 169 Å². The summed E-state index contributed by atoms with van der Waals surface area (Å²) in [4.78, 5) is 16.1. The van der Waals surface area contributed by atoms with Gasteiger partial charge in [-0.05, 0) is 48.4 Å². The molecule has 0 radical (unpaired) electrons. The van der Waals surface area contributed by atoms with Gasteiger partial charge in [0.15, 0.2) is 5.82 Å². The van der Waals surface area contributed by atoms with Crippen molar-refractivity contribution in [2.24, 2.45) is 0 Å². The predicted molar refractivity (Wildman–Crippen MR) is 112 cm³/mol. The minimum atomic E-state index is -0.0284. The van der Waals surface area contributed by atoms with E-state index in [-0.39, 0.29) is 5.91 Å². The summed E-state index contributed by atoms with van der Waals surface area (Å²) >= 11 is 0. The van der Waals surface area contributed by atoms with Crippen LogP contribution in [0.2, 0.25) is 0 Å². The van der Waals surface area contributed by atoms with Crippen molar-refractivity contribution in [2.45, 2.75) is 13.3 Å². The first kappa shape index (κ1) is 20.1. The van der Waals surface area contributed by atoms with Gasteiger partial charge in [-0.25, -0.2) is 0 Å². The van der Waals surface area contributed by atoms with Crippen LogP contribution in [-0.4, -0.2) is 41.3 Å². The summed E-state index contributed by atoms with van der Waals surface area (Å²) in [5.74, 6) is 2.08. The first-order valence-corrected chi connectivity index (χ1v) is 9.29. The number of aromatic nitrogens is 3. The smallest absolute Gasteiger partial charge is 0.224 e. The Balaban J connectivity index is 1.38. The van der Waals surface area contributed by atoms with Gasteiger partial charge in [0, 0.05) is 31.2 Å². The number of methoxy groups -OCH3 is 1. The van der Waals surface area contributed by atoms with Crippen LogP contribution >= 0.6 is 0 Å². The zero-order valence-corrected chi connectivity index (χ0v) is 16.5. The van der Waals surface area contributed by atoms with Gasteiger partial charge in [0.2, 0.25) is 5.91 Å². The Morgan fingerprint density at radius 3 is 2.45 bits per heavy atom. The number of hydrogen-bond donors (Lipinski definition) is 3. The molecular formula is C21H24N6O2. The predicted octanol–water partition coefficient (Wildman–Crippen LogP) is 2.70. The monoisotopic (exact) mass is 392 g/mol. The number of amides is 1. The highest BCUT2D eigenvalue weighted by Gasteiger charge is 2.06. The van der Waals surface area contributed by atoms with Gasteiger partial charge in [-0.1, -0.05) is 12.1 Å². The van der Waals surface area contributed by atoms with Crippen LogP contribution in [0.15, 0.2) is 54.9 Å². The SMILES string of the molecule is COc1ccc(CC(=O)NCCNc2ccc(Nc3ccncc3)nn2)cc1C. The number of ether oxygens (including phenoxy) is 1. The molecule has 0 bridgehead atoms. The molecule has 0 spiro atoms. The van der Waals surface area contributed by atoms with Crippen molar-refractivity contribution in [1.29, 1.82) is 0 Å². The van der Waals surface area contributed by atoms with Crippen LogP contribution in [0.3, 0.4) is 0 Å². The van der Waals surface area contributed by atoms with Crippen LogP contribution in [0.5, 0.6) is 5.75 Å². The van der Waals surface area contributed by atoms with Crippen LogP contribution in [0, 0.1) is 6.92 Å². The third kappa shape index (κ3) is 6.17. The quantitative estimate of drug-likeness (QED) is 0.481.